The number of hydrogen-bond donors (Lipinski definition) is 4. The van der Waals surface area contributed by atoms with E-state index in [-0.39, 0.29) is 5.82 Å². The van der Waals surface area contributed by atoms with Crippen LogP contribution in [0.2, 0.25) is 0 Å². The van der Waals surface area contributed by atoms with Crippen LogP contribution in [-0.4, -0.2) is 10.1 Å². The van der Waals surface area contributed by atoms with Gasteiger partial charge in [0, 0.05) is 34.7 Å². The largest absolute Gasteiger partial charge is 0.505 e. The number of anilines is 3. The summed E-state index contributed by atoms with van der Waals surface area (Å²) in [6, 6.07) is 19.4. The molecule has 30 heavy (non-hydrogen) atoms. The lowest BCUT2D eigenvalue weighted by molar-refractivity contribution is 0.432. The van der Waals surface area contributed by atoms with Gasteiger partial charge in [-0.15, -0.1) is 0 Å². The summed E-state index contributed by atoms with van der Waals surface area (Å²) >= 11 is 0. The molecule has 4 aromatic rings. The number of fused-ring (bicyclic) bond motifs is 1. The Kier molecular flexibility index (Phi) is 5.17. The van der Waals surface area contributed by atoms with Gasteiger partial charge in [0.25, 0.3) is 0 Å². The van der Waals surface area contributed by atoms with Crippen LogP contribution in [0, 0.1) is 11.6 Å². The maximum Gasteiger partial charge on any atom is 0.166 e. The van der Waals surface area contributed by atoms with Crippen LogP contribution in [0.4, 0.5) is 25.8 Å². The second kappa shape index (κ2) is 8.08. The lowest BCUT2D eigenvalue weighted by Gasteiger charge is -2.11. The summed E-state index contributed by atoms with van der Waals surface area (Å²) in [5.41, 5.74) is 9.58. The fraction of sp³-hybridized carbons (Fsp3) is 0. The molecule has 0 atom stereocenters. The number of aromatic nitrogens is 1. The Bertz CT molecular complexity index is 1260. The number of phenols is 1. The van der Waals surface area contributed by atoms with E-state index in [0.717, 1.165) is 17.1 Å². The zero-order valence-electron chi connectivity index (χ0n) is 15.7. The van der Waals surface area contributed by atoms with Crippen molar-refractivity contribution in [2.75, 3.05) is 10.6 Å². The Morgan fingerprint density at radius 2 is 1.77 bits per heavy atom. The van der Waals surface area contributed by atoms with Gasteiger partial charge in [-0.1, -0.05) is 12.1 Å². The molecular weight excluding hydrogens is 386 g/mol. The highest BCUT2D eigenvalue weighted by Gasteiger charge is 2.07. The standard InChI is InChI=1S/C23H18F2N4O/c24-14-3-1-4-16(11-14)28-20-5-2-6-21-17(20)8-9-22(29-21)19(26)13-27-15-7-10-23(30)18(25)12-15/h1-13,27-28,30H,26H2/b19-13-. The van der Waals surface area contributed by atoms with Crippen molar-refractivity contribution in [3.63, 3.8) is 0 Å². The number of hydrogen-bond acceptors (Lipinski definition) is 5. The predicted molar refractivity (Wildman–Crippen MR) is 115 cm³/mol. The zero-order chi connectivity index (χ0) is 21.1. The summed E-state index contributed by atoms with van der Waals surface area (Å²) in [6.07, 6.45) is 1.51. The van der Waals surface area contributed by atoms with Crippen molar-refractivity contribution in [3.05, 3.63) is 96.3 Å². The number of rotatable bonds is 5. The summed E-state index contributed by atoms with van der Waals surface area (Å²) in [7, 11) is 0. The molecule has 0 radical (unpaired) electrons. The second-order valence-electron chi connectivity index (χ2n) is 6.61. The minimum absolute atomic E-state index is 0.320. The SMILES string of the molecule is N/C(=C\Nc1ccc(O)c(F)c1)c1ccc2c(Nc3cccc(F)c3)cccc2n1. The van der Waals surface area contributed by atoms with Gasteiger partial charge in [-0.25, -0.2) is 13.8 Å². The topological polar surface area (TPSA) is 83.2 Å². The van der Waals surface area contributed by atoms with E-state index in [2.05, 4.69) is 15.6 Å². The van der Waals surface area contributed by atoms with Crippen molar-refractivity contribution in [1.82, 2.24) is 4.98 Å². The van der Waals surface area contributed by atoms with E-state index < -0.39 is 11.6 Å². The van der Waals surface area contributed by atoms with E-state index in [9.17, 15) is 13.9 Å². The molecule has 0 saturated heterocycles. The summed E-state index contributed by atoms with van der Waals surface area (Å²) in [5, 5.41) is 16.2. The molecule has 1 aromatic heterocycles. The fourth-order valence-corrected chi connectivity index (χ4v) is 2.98. The Morgan fingerprint density at radius 3 is 2.57 bits per heavy atom. The molecule has 0 aliphatic heterocycles. The van der Waals surface area contributed by atoms with Crippen LogP contribution in [0.3, 0.4) is 0 Å². The summed E-state index contributed by atoms with van der Waals surface area (Å²) in [5.74, 6) is -1.47. The summed E-state index contributed by atoms with van der Waals surface area (Å²) < 4.78 is 26.9. The number of pyridine rings is 1. The van der Waals surface area contributed by atoms with E-state index in [1.807, 2.05) is 24.3 Å². The summed E-state index contributed by atoms with van der Waals surface area (Å²) in [6.45, 7) is 0. The Labute approximate surface area is 171 Å². The number of nitrogens with two attached hydrogens (primary N) is 1. The van der Waals surface area contributed by atoms with E-state index in [4.69, 9.17) is 5.73 Å². The molecule has 3 aromatic carbocycles. The number of aromatic hydroxyl groups is 1. The minimum atomic E-state index is -0.728. The number of halogens is 2. The van der Waals surface area contributed by atoms with Crippen LogP contribution in [0.15, 0.2) is 79.0 Å². The van der Waals surface area contributed by atoms with Crippen LogP contribution in [0.25, 0.3) is 16.6 Å². The first-order valence-corrected chi connectivity index (χ1v) is 9.13. The molecular formula is C23H18F2N4O. The average molecular weight is 404 g/mol. The lowest BCUT2D eigenvalue weighted by Crippen LogP contribution is -2.03. The maximum atomic E-state index is 13.5. The average Bonchev–Trinajstić information content (AvgIpc) is 2.74. The van der Waals surface area contributed by atoms with Crippen LogP contribution in [0.1, 0.15) is 5.69 Å². The lowest BCUT2D eigenvalue weighted by atomic mass is 10.1. The van der Waals surface area contributed by atoms with Crippen molar-refractivity contribution < 1.29 is 13.9 Å². The molecule has 5 nitrogen and oxygen atoms in total. The van der Waals surface area contributed by atoms with E-state index in [1.165, 1.54) is 30.5 Å². The fourth-order valence-electron chi connectivity index (χ4n) is 2.98. The molecule has 0 aliphatic rings. The van der Waals surface area contributed by atoms with E-state index in [0.29, 0.717) is 28.3 Å². The molecule has 7 heteroatoms. The van der Waals surface area contributed by atoms with E-state index in [1.54, 1.807) is 18.2 Å². The molecule has 0 unspecified atom stereocenters. The van der Waals surface area contributed by atoms with Gasteiger partial charge in [-0.05, 0) is 54.6 Å². The Morgan fingerprint density at radius 1 is 0.933 bits per heavy atom. The van der Waals surface area contributed by atoms with Crippen molar-refractivity contribution in [1.29, 1.82) is 0 Å². The maximum absolute atomic E-state index is 13.5. The predicted octanol–water partition coefficient (Wildman–Crippen LogP) is 5.33. The highest BCUT2D eigenvalue weighted by Crippen LogP contribution is 2.27. The minimum Gasteiger partial charge on any atom is -0.505 e. The molecule has 0 fully saturated rings. The van der Waals surface area contributed by atoms with Crippen molar-refractivity contribution in [3.8, 4) is 5.75 Å². The molecule has 4 rings (SSSR count). The molecule has 0 bridgehead atoms. The van der Waals surface area contributed by atoms with Crippen LogP contribution >= 0.6 is 0 Å². The molecule has 0 spiro atoms. The monoisotopic (exact) mass is 404 g/mol. The first-order valence-electron chi connectivity index (χ1n) is 9.13. The highest BCUT2D eigenvalue weighted by molar-refractivity contribution is 5.94. The zero-order valence-corrected chi connectivity index (χ0v) is 15.7. The molecule has 0 saturated carbocycles. The third-order valence-corrected chi connectivity index (χ3v) is 4.47. The van der Waals surface area contributed by atoms with Crippen LogP contribution in [-0.2, 0) is 0 Å². The number of phenolic OH excluding ortho intramolecular Hbond substituents is 1. The van der Waals surface area contributed by atoms with Gasteiger partial charge in [-0.2, -0.15) is 0 Å². The van der Waals surface area contributed by atoms with Crippen LogP contribution < -0.4 is 16.4 Å². The first-order chi connectivity index (χ1) is 14.5. The van der Waals surface area contributed by atoms with Gasteiger partial charge in [0.1, 0.15) is 5.82 Å². The molecule has 1 heterocycles. The Balaban J connectivity index is 1.59. The number of benzene rings is 3. The van der Waals surface area contributed by atoms with Crippen LogP contribution in [0.5, 0.6) is 5.75 Å². The van der Waals surface area contributed by atoms with Gasteiger partial charge in [-0.3, -0.25) is 0 Å². The number of nitrogens with one attached hydrogen (secondary N) is 2. The molecule has 0 amide bonds. The van der Waals surface area contributed by atoms with Crippen molar-refractivity contribution in [2.45, 2.75) is 0 Å². The number of nitrogens with zero attached hydrogens (tertiary/aromatic N) is 1. The third kappa shape index (κ3) is 4.15. The first kappa shape index (κ1) is 19.2. The van der Waals surface area contributed by atoms with Crippen molar-refractivity contribution in [2.24, 2.45) is 5.73 Å². The van der Waals surface area contributed by atoms with E-state index >= 15 is 0 Å². The Hall–Kier alpha value is -4.13. The molecule has 5 N–H and O–H groups in total. The van der Waals surface area contributed by atoms with Gasteiger partial charge >= 0.3 is 0 Å². The van der Waals surface area contributed by atoms with Gasteiger partial charge in [0.2, 0.25) is 0 Å². The molecule has 0 aliphatic carbocycles. The smallest absolute Gasteiger partial charge is 0.166 e. The van der Waals surface area contributed by atoms with Gasteiger partial charge in [0.15, 0.2) is 11.6 Å². The highest BCUT2D eigenvalue weighted by atomic mass is 19.1. The summed E-state index contributed by atoms with van der Waals surface area (Å²) in [4.78, 5) is 4.58. The third-order valence-electron chi connectivity index (χ3n) is 4.47. The van der Waals surface area contributed by atoms with Gasteiger partial charge < -0.3 is 21.5 Å². The quantitative estimate of drug-likeness (QED) is 0.338. The van der Waals surface area contributed by atoms with Gasteiger partial charge in [0.05, 0.1) is 16.9 Å². The molecule has 150 valence electrons. The van der Waals surface area contributed by atoms with Crippen molar-refractivity contribution >= 4 is 33.7 Å². The normalized spacial score (nSPS) is 11.5. The second-order valence-corrected chi connectivity index (χ2v) is 6.61.